The van der Waals surface area contributed by atoms with Crippen molar-refractivity contribution in [3.63, 3.8) is 0 Å². The molecule has 0 bridgehead atoms. The van der Waals surface area contributed by atoms with Crippen molar-refractivity contribution < 1.29 is 27.4 Å². The maximum Gasteiger partial charge on any atom is 0.416 e. The summed E-state index contributed by atoms with van der Waals surface area (Å²) >= 11 is 7.00. The number of ether oxygens (including phenoxy) is 1. The number of alkyl halides is 3. The quantitative estimate of drug-likeness (QED) is 0.264. The molecule has 0 fully saturated rings. The Kier molecular flexibility index (Phi) is 7.07. The molecule has 2 rings (SSSR count). The van der Waals surface area contributed by atoms with Crippen LogP contribution in [0.5, 0.6) is 11.5 Å². The minimum Gasteiger partial charge on any atom is -0.456 e. The van der Waals surface area contributed by atoms with Gasteiger partial charge in [-0.3, -0.25) is 10.1 Å². The lowest BCUT2D eigenvalue weighted by molar-refractivity contribution is -0.383. The Morgan fingerprint density at radius 2 is 1.93 bits per heavy atom. The zero-order chi connectivity index (χ0) is 21.1. The lowest BCUT2D eigenvalue weighted by Crippen LogP contribution is -2.09. The van der Waals surface area contributed by atoms with E-state index < -0.39 is 23.0 Å². The summed E-state index contributed by atoms with van der Waals surface area (Å²) in [5, 5.41) is 11.2. The molecular formula is C17H16ClF3NO4PS. The SMILES string of the molecule is CCCSP(C)(=O)c1ccc(Oc2ccc(C(F)(F)F)cc2Cl)cc1[N+](=O)[O-]. The van der Waals surface area contributed by atoms with Crippen molar-refractivity contribution in [2.45, 2.75) is 19.5 Å². The monoisotopic (exact) mass is 453 g/mol. The van der Waals surface area contributed by atoms with Crippen molar-refractivity contribution in [1.29, 1.82) is 0 Å². The van der Waals surface area contributed by atoms with E-state index in [0.717, 1.165) is 36.0 Å². The van der Waals surface area contributed by atoms with Gasteiger partial charge in [0.1, 0.15) is 11.5 Å². The summed E-state index contributed by atoms with van der Waals surface area (Å²) in [6.07, 6.45) is -6.81. The number of hydrogen-bond donors (Lipinski definition) is 0. The normalized spacial score (nSPS) is 13.8. The molecule has 2 aromatic rings. The highest BCUT2D eigenvalue weighted by Crippen LogP contribution is 2.56. The van der Waals surface area contributed by atoms with Crippen molar-refractivity contribution in [2.75, 3.05) is 12.4 Å². The van der Waals surface area contributed by atoms with Crippen LogP contribution in [0.15, 0.2) is 36.4 Å². The fraction of sp³-hybridized carbons (Fsp3) is 0.294. The molecule has 0 aliphatic rings. The molecule has 2 aromatic carbocycles. The second kappa shape index (κ2) is 8.76. The first kappa shape index (κ1) is 22.6. The van der Waals surface area contributed by atoms with Crippen LogP contribution >= 0.6 is 29.3 Å². The summed E-state index contributed by atoms with van der Waals surface area (Å²) in [6, 6.07) is 6.35. The van der Waals surface area contributed by atoms with Gasteiger partial charge in [0, 0.05) is 12.4 Å². The lowest BCUT2D eigenvalue weighted by atomic mass is 10.2. The molecule has 0 aromatic heterocycles. The average molecular weight is 454 g/mol. The molecule has 11 heteroatoms. The predicted molar refractivity (Wildman–Crippen MR) is 106 cm³/mol. The summed E-state index contributed by atoms with van der Waals surface area (Å²) < 4.78 is 56.4. The van der Waals surface area contributed by atoms with Crippen LogP contribution in [0.25, 0.3) is 0 Å². The highest BCUT2D eigenvalue weighted by atomic mass is 35.5. The van der Waals surface area contributed by atoms with Gasteiger partial charge in [0.15, 0.2) is 6.34 Å². The zero-order valence-corrected chi connectivity index (χ0v) is 17.3. The summed E-state index contributed by atoms with van der Waals surface area (Å²) in [6.45, 7) is 3.37. The Morgan fingerprint density at radius 3 is 2.46 bits per heavy atom. The van der Waals surface area contributed by atoms with Crippen molar-refractivity contribution in [2.24, 2.45) is 0 Å². The molecule has 0 saturated carbocycles. The molecule has 1 atom stereocenters. The molecule has 0 N–H and O–H groups in total. The number of rotatable bonds is 7. The topological polar surface area (TPSA) is 69.4 Å². The van der Waals surface area contributed by atoms with Crippen LogP contribution in [0.3, 0.4) is 0 Å². The van der Waals surface area contributed by atoms with E-state index in [0.29, 0.717) is 11.8 Å². The Balaban J connectivity index is 2.37. The van der Waals surface area contributed by atoms with Crippen LogP contribution in [0.1, 0.15) is 18.9 Å². The van der Waals surface area contributed by atoms with Gasteiger partial charge in [-0.05, 0) is 36.8 Å². The van der Waals surface area contributed by atoms with Gasteiger partial charge in [0.2, 0.25) is 0 Å². The molecule has 0 spiro atoms. The number of nitro benzene ring substituents is 1. The molecule has 5 nitrogen and oxygen atoms in total. The minimum absolute atomic E-state index is 0.00222. The van der Waals surface area contributed by atoms with Crippen molar-refractivity contribution in [3.05, 3.63) is 57.1 Å². The predicted octanol–water partition coefficient (Wildman–Crippen LogP) is 6.74. The molecule has 0 radical (unpaired) electrons. The Morgan fingerprint density at radius 1 is 1.25 bits per heavy atom. The molecule has 0 heterocycles. The van der Waals surface area contributed by atoms with Crippen molar-refractivity contribution in [1.82, 2.24) is 0 Å². The van der Waals surface area contributed by atoms with Crippen LogP contribution in [-0.2, 0) is 10.7 Å². The zero-order valence-electron chi connectivity index (χ0n) is 14.8. The van der Waals surface area contributed by atoms with E-state index in [1.54, 1.807) is 0 Å². The van der Waals surface area contributed by atoms with Gasteiger partial charge in [-0.15, -0.1) is 0 Å². The van der Waals surface area contributed by atoms with Crippen molar-refractivity contribution >= 4 is 40.3 Å². The van der Waals surface area contributed by atoms with Gasteiger partial charge in [-0.25, -0.2) is 0 Å². The van der Waals surface area contributed by atoms with E-state index >= 15 is 0 Å². The van der Waals surface area contributed by atoms with Gasteiger partial charge >= 0.3 is 6.18 Å². The largest absolute Gasteiger partial charge is 0.456 e. The Hall–Kier alpha value is -1.70. The van der Waals surface area contributed by atoms with Gasteiger partial charge in [0.25, 0.3) is 5.69 Å². The fourth-order valence-corrected chi connectivity index (χ4v) is 6.55. The van der Waals surface area contributed by atoms with Gasteiger partial charge in [0.05, 0.1) is 26.9 Å². The number of nitro groups is 1. The summed E-state index contributed by atoms with van der Waals surface area (Å²) in [4.78, 5) is 10.8. The van der Waals surface area contributed by atoms with Crippen LogP contribution < -0.4 is 10.0 Å². The number of hydrogen-bond acceptors (Lipinski definition) is 5. The molecule has 152 valence electrons. The highest BCUT2D eigenvalue weighted by molar-refractivity contribution is 8.60. The molecular weight excluding hydrogens is 438 g/mol. The third-order valence-electron chi connectivity index (χ3n) is 3.61. The van der Waals surface area contributed by atoms with Gasteiger partial charge in [-0.2, -0.15) is 13.2 Å². The summed E-state index contributed by atoms with van der Waals surface area (Å²) in [5.41, 5.74) is -1.32. The lowest BCUT2D eigenvalue weighted by Gasteiger charge is -2.14. The maximum atomic E-state index is 12.8. The number of benzene rings is 2. The molecule has 0 amide bonds. The van der Waals surface area contributed by atoms with Gasteiger partial charge in [-0.1, -0.05) is 29.9 Å². The minimum atomic E-state index is -4.55. The highest BCUT2D eigenvalue weighted by Gasteiger charge is 2.31. The van der Waals surface area contributed by atoms with Crippen LogP contribution in [0.4, 0.5) is 18.9 Å². The van der Waals surface area contributed by atoms with E-state index in [2.05, 4.69) is 0 Å². The Bertz CT molecular complexity index is 939. The van der Waals surface area contributed by atoms with E-state index in [4.69, 9.17) is 16.3 Å². The first-order chi connectivity index (χ1) is 13.0. The fourth-order valence-electron chi connectivity index (χ4n) is 2.28. The average Bonchev–Trinajstić information content (AvgIpc) is 2.60. The summed E-state index contributed by atoms with van der Waals surface area (Å²) in [5.74, 6) is 0.499. The second-order valence-corrected chi connectivity index (χ2v) is 11.9. The van der Waals surface area contributed by atoms with E-state index in [9.17, 15) is 27.9 Å². The molecule has 28 heavy (non-hydrogen) atoms. The maximum absolute atomic E-state index is 12.8. The molecule has 1 unspecified atom stereocenters. The second-order valence-electron chi connectivity index (χ2n) is 5.83. The van der Waals surface area contributed by atoms with E-state index in [-0.39, 0.29) is 27.5 Å². The van der Waals surface area contributed by atoms with Crippen LogP contribution in [0, 0.1) is 10.1 Å². The smallest absolute Gasteiger partial charge is 0.416 e. The Labute approximate surface area is 168 Å². The van der Waals surface area contributed by atoms with Gasteiger partial charge < -0.3 is 9.30 Å². The molecule has 0 aliphatic carbocycles. The third-order valence-corrected chi connectivity index (χ3v) is 8.86. The molecule has 0 aliphatic heterocycles. The standard InChI is InChI=1S/C17H16ClF3NO4PS/c1-3-8-28-27(2,25)16-7-5-12(10-14(16)22(23)24)26-15-6-4-11(9-13(15)18)17(19,20)21/h4-7,9-10H,3,8H2,1-2H3. The van der Waals surface area contributed by atoms with Crippen LogP contribution in [0.2, 0.25) is 5.02 Å². The first-order valence-corrected chi connectivity index (χ1v) is 12.1. The third kappa shape index (κ3) is 5.43. The van der Waals surface area contributed by atoms with E-state index in [1.807, 2.05) is 6.92 Å². The first-order valence-electron chi connectivity index (χ1n) is 8.01. The number of nitrogens with zero attached hydrogens (tertiary/aromatic N) is 1. The molecule has 0 saturated heterocycles. The van der Waals surface area contributed by atoms with Crippen LogP contribution in [-0.4, -0.2) is 17.3 Å². The van der Waals surface area contributed by atoms with Crippen molar-refractivity contribution in [3.8, 4) is 11.5 Å². The number of halogens is 4. The van der Waals surface area contributed by atoms with E-state index in [1.165, 1.54) is 18.8 Å². The summed E-state index contributed by atoms with van der Waals surface area (Å²) in [7, 11) is 0.